The zero-order valence-corrected chi connectivity index (χ0v) is 13.2. The Bertz CT molecular complexity index is 618. The van der Waals surface area contributed by atoms with Gasteiger partial charge in [-0.15, -0.1) is 0 Å². The molecule has 0 bridgehead atoms. The Morgan fingerprint density at radius 1 is 1.29 bits per heavy atom. The van der Waals surface area contributed by atoms with Crippen LogP contribution in [0.3, 0.4) is 0 Å². The van der Waals surface area contributed by atoms with E-state index in [2.05, 4.69) is 33.2 Å². The van der Waals surface area contributed by atoms with Gasteiger partial charge >= 0.3 is 0 Å². The molecule has 5 heteroatoms. The molecule has 1 aromatic heterocycles. The quantitative estimate of drug-likeness (QED) is 0.856. The topological polar surface area (TPSA) is 59.0 Å². The summed E-state index contributed by atoms with van der Waals surface area (Å²) in [6.07, 6.45) is 0.479. The molecule has 0 fully saturated rings. The van der Waals surface area contributed by atoms with E-state index >= 15 is 0 Å². The molecule has 1 heterocycles. The molecule has 114 valence electrons. The predicted molar refractivity (Wildman–Crippen MR) is 85.0 cm³/mol. The summed E-state index contributed by atoms with van der Waals surface area (Å²) in [5.74, 6) is 1.06. The van der Waals surface area contributed by atoms with E-state index < -0.39 is 0 Å². The van der Waals surface area contributed by atoms with Gasteiger partial charge in [0.25, 0.3) is 0 Å². The lowest BCUT2D eigenvalue weighted by Gasteiger charge is -2.14. The van der Waals surface area contributed by atoms with Crippen molar-refractivity contribution in [1.29, 1.82) is 0 Å². The van der Waals surface area contributed by atoms with Gasteiger partial charge in [0, 0.05) is 26.1 Å². The van der Waals surface area contributed by atoms with E-state index in [9.17, 15) is 4.79 Å². The Morgan fingerprint density at radius 3 is 2.67 bits per heavy atom. The van der Waals surface area contributed by atoms with E-state index in [1.807, 2.05) is 39.1 Å². The molecule has 1 amide bonds. The van der Waals surface area contributed by atoms with Gasteiger partial charge in [0.15, 0.2) is 0 Å². The molecule has 0 spiro atoms. The van der Waals surface area contributed by atoms with Gasteiger partial charge in [0.05, 0.1) is 17.1 Å². The van der Waals surface area contributed by atoms with Crippen LogP contribution in [0.5, 0.6) is 0 Å². The van der Waals surface area contributed by atoms with Crippen molar-refractivity contribution in [3.63, 3.8) is 0 Å². The maximum absolute atomic E-state index is 11.6. The lowest BCUT2D eigenvalue weighted by Crippen LogP contribution is -2.33. The first-order valence-corrected chi connectivity index (χ1v) is 7.43. The maximum atomic E-state index is 11.6. The summed E-state index contributed by atoms with van der Waals surface area (Å²) in [5, 5.41) is 6.25. The van der Waals surface area contributed by atoms with Crippen molar-refractivity contribution in [3.05, 3.63) is 30.1 Å². The first kappa shape index (κ1) is 15.5. The number of carbonyl (C=O) groups excluding carboxylic acids is 1. The number of rotatable bonds is 6. The molecule has 0 aliphatic carbocycles. The third kappa shape index (κ3) is 3.82. The van der Waals surface area contributed by atoms with Crippen LogP contribution < -0.4 is 10.6 Å². The highest BCUT2D eigenvalue weighted by Crippen LogP contribution is 2.18. The maximum Gasteiger partial charge on any atom is 0.221 e. The Balaban J connectivity index is 1.95. The number of amides is 1. The fraction of sp³-hybridized carbons (Fsp3) is 0.500. The van der Waals surface area contributed by atoms with Crippen LogP contribution in [0, 0.1) is 0 Å². The minimum Gasteiger partial charge on any atom is -0.354 e. The molecule has 0 aliphatic rings. The van der Waals surface area contributed by atoms with Crippen molar-refractivity contribution >= 4 is 16.9 Å². The van der Waals surface area contributed by atoms with Crippen LogP contribution in [0.15, 0.2) is 24.3 Å². The summed E-state index contributed by atoms with van der Waals surface area (Å²) < 4.78 is 2.10. The SMILES string of the molecule is CC(C)NC(=O)CCNC(C)c1nc2ccccc2n1C. The van der Waals surface area contributed by atoms with Gasteiger partial charge in [0.1, 0.15) is 5.82 Å². The first-order valence-electron chi connectivity index (χ1n) is 7.43. The highest BCUT2D eigenvalue weighted by atomic mass is 16.1. The van der Waals surface area contributed by atoms with Crippen LogP contribution >= 0.6 is 0 Å². The van der Waals surface area contributed by atoms with Crippen LogP contribution in [0.2, 0.25) is 0 Å². The Kier molecular flexibility index (Phi) is 4.96. The summed E-state index contributed by atoms with van der Waals surface area (Å²) in [4.78, 5) is 16.3. The van der Waals surface area contributed by atoms with E-state index in [0.29, 0.717) is 13.0 Å². The number of nitrogens with one attached hydrogen (secondary N) is 2. The zero-order valence-electron chi connectivity index (χ0n) is 13.2. The smallest absolute Gasteiger partial charge is 0.221 e. The fourth-order valence-electron chi connectivity index (χ4n) is 2.44. The Morgan fingerprint density at radius 2 is 2.00 bits per heavy atom. The van der Waals surface area contributed by atoms with Gasteiger partial charge < -0.3 is 15.2 Å². The van der Waals surface area contributed by atoms with Gasteiger partial charge in [-0.05, 0) is 32.9 Å². The monoisotopic (exact) mass is 288 g/mol. The number of para-hydroxylation sites is 2. The number of fused-ring (bicyclic) bond motifs is 1. The molecule has 0 aliphatic heterocycles. The molecule has 2 rings (SSSR count). The number of hydrogen-bond acceptors (Lipinski definition) is 3. The lowest BCUT2D eigenvalue weighted by molar-refractivity contribution is -0.121. The molecule has 21 heavy (non-hydrogen) atoms. The third-order valence-corrected chi connectivity index (χ3v) is 3.46. The number of hydrogen-bond donors (Lipinski definition) is 2. The molecule has 5 nitrogen and oxygen atoms in total. The molecular weight excluding hydrogens is 264 g/mol. The van der Waals surface area contributed by atoms with Crippen LogP contribution in [0.4, 0.5) is 0 Å². The fourth-order valence-corrected chi connectivity index (χ4v) is 2.44. The highest BCUT2D eigenvalue weighted by molar-refractivity contribution is 5.76. The molecule has 0 saturated carbocycles. The van der Waals surface area contributed by atoms with Gasteiger partial charge in [-0.2, -0.15) is 0 Å². The first-order chi connectivity index (χ1) is 9.99. The van der Waals surface area contributed by atoms with E-state index in [1.165, 1.54) is 0 Å². The largest absolute Gasteiger partial charge is 0.354 e. The number of imidazole rings is 1. The second-order valence-corrected chi connectivity index (χ2v) is 5.67. The summed E-state index contributed by atoms with van der Waals surface area (Å²) in [6, 6.07) is 8.38. The second-order valence-electron chi connectivity index (χ2n) is 5.67. The molecule has 2 N–H and O–H groups in total. The number of aryl methyl sites for hydroxylation is 1. The number of aromatic nitrogens is 2. The van der Waals surface area contributed by atoms with Crippen molar-refractivity contribution in [3.8, 4) is 0 Å². The minimum atomic E-state index is 0.0784. The zero-order chi connectivity index (χ0) is 15.4. The average Bonchev–Trinajstić information content (AvgIpc) is 2.76. The van der Waals surface area contributed by atoms with Crippen LogP contribution in [-0.4, -0.2) is 28.0 Å². The summed E-state index contributed by atoms with van der Waals surface area (Å²) in [7, 11) is 2.02. The van der Waals surface area contributed by atoms with Crippen LogP contribution in [0.25, 0.3) is 11.0 Å². The van der Waals surface area contributed by atoms with Gasteiger partial charge in [-0.1, -0.05) is 12.1 Å². The van der Waals surface area contributed by atoms with Gasteiger partial charge in [-0.25, -0.2) is 4.98 Å². The standard InChI is InChI=1S/C16H24N4O/c1-11(2)18-15(21)9-10-17-12(3)16-19-13-7-5-6-8-14(13)20(16)4/h5-8,11-12,17H,9-10H2,1-4H3,(H,18,21). The summed E-state index contributed by atoms with van der Waals surface area (Å²) in [6.45, 7) is 6.64. The third-order valence-electron chi connectivity index (χ3n) is 3.46. The van der Waals surface area contributed by atoms with Gasteiger partial charge in [-0.3, -0.25) is 4.79 Å². The predicted octanol–water partition coefficient (Wildman–Crippen LogP) is 2.14. The van der Waals surface area contributed by atoms with E-state index in [1.54, 1.807) is 0 Å². The van der Waals surface area contributed by atoms with Gasteiger partial charge in [0.2, 0.25) is 5.91 Å². The minimum absolute atomic E-state index is 0.0784. The number of carbonyl (C=O) groups is 1. The van der Waals surface area contributed by atoms with E-state index in [-0.39, 0.29) is 18.0 Å². The molecule has 1 unspecified atom stereocenters. The second kappa shape index (κ2) is 6.72. The molecule has 0 saturated heterocycles. The summed E-state index contributed by atoms with van der Waals surface area (Å²) >= 11 is 0. The average molecular weight is 288 g/mol. The van der Waals surface area contributed by atoms with Crippen molar-refractivity contribution in [1.82, 2.24) is 20.2 Å². The Labute approximate surface area is 125 Å². The van der Waals surface area contributed by atoms with E-state index in [4.69, 9.17) is 0 Å². The van der Waals surface area contributed by atoms with Crippen LogP contribution in [-0.2, 0) is 11.8 Å². The van der Waals surface area contributed by atoms with Crippen molar-refractivity contribution in [2.24, 2.45) is 7.05 Å². The Hall–Kier alpha value is -1.88. The van der Waals surface area contributed by atoms with Crippen LogP contribution in [0.1, 0.15) is 39.1 Å². The molecule has 2 aromatic rings. The van der Waals surface area contributed by atoms with Crippen molar-refractivity contribution < 1.29 is 4.79 Å². The lowest BCUT2D eigenvalue weighted by atomic mass is 10.3. The highest BCUT2D eigenvalue weighted by Gasteiger charge is 2.14. The molecule has 0 radical (unpaired) electrons. The summed E-state index contributed by atoms with van der Waals surface area (Å²) in [5.41, 5.74) is 2.12. The molecule has 1 atom stereocenters. The van der Waals surface area contributed by atoms with Crippen molar-refractivity contribution in [2.75, 3.05) is 6.54 Å². The normalized spacial score (nSPS) is 12.8. The number of benzene rings is 1. The number of nitrogens with zero attached hydrogens (tertiary/aromatic N) is 2. The van der Waals surface area contributed by atoms with Crippen molar-refractivity contribution in [2.45, 2.75) is 39.3 Å². The molecular formula is C16H24N4O. The molecule has 1 aromatic carbocycles. The van der Waals surface area contributed by atoms with E-state index in [0.717, 1.165) is 16.9 Å².